The Bertz CT molecular complexity index is 1010. The molecule has 1 atom stereocenters. The summed E-state index contributed by atoms with van der Waals surface area (Å²) in [6, 6.07) is 14.9. The van der Waals surface area contributed by atoms with E-state index in [4.69, 9.17) is 0 Å². The summed E-state index contributed by atoms with van der Waals surface area (Å²) in [6.07, 6.45) is 2.81. The van der Waals surface area contributed by atoms with Crippen molar-refractivity contribution in [2.75, 3.05) is 55.9 Å². The lowest BCUT2D eigenvalue weighted by Crippen LogP contribution is -2.32. The number of rotatable bonds is 7. The summed E-state index contributed by atoms with van der Waals surface area (Å²) in [5.41, 5.74) is 5.42. The van der Waals surface area contributed by atoms with Crippen LogP contribution in [0.2, 0.25) is 0 Å². The summed E-state index contributed by atoms with van der Waals surface area (Å²) in [5.74, 6) is 0.529. The first kappa shape index (κ1) is 23.9. The van der Waals surface area contributed by atoms with E-state index < -0.39 is 0 Å². The van der Waals surface area contributed by atoms with Crippen molar-refractivity contribution in [3.05, 3.63) is 48.0 Å². The van der Waals surface area contributed by atoms with Crippen LogP contribution in [-0.4, -0.2) is 57.5 Å². The highest BCUT2D eigenvalue weighted by Crippen LogP contribution is 2.28. The van der Waals surface area contributed by atoms with Gasteiger partial charge in [-0.05, 0) is 60.7 Å². The van der Waals surface area contributed by atoms with E-state index in [1.807, 2.05) is 26.2 Å². The predicted octanol–water partition coefficient (Wildman–Crippen LogP) is 3.83. The number of nitrogens with zero attached hydrogens (tertiary/aromatic N) is 3. The standard InChI is InChI=1S/C27H37N5O2/c1-19-11-13-32(14-12-19)24-9-7-22(8-10-24)29-23-6-5-20(25(16-23)30(2)3)17-28-27(34)21-15-26(33)31(4)18-21/h5-10,16,19,21,29H,11-15,17-18H2,1-4H3,(H,28,34). The van der Waals surface area contributed by atoms with E-state index in [-0.39, 0.29) is 17.7 Å². The molecule has 0 radical (unpaired) electrons. The SMILES string of the molecule is CC1CCN(c2ccc(Nc3ccc(CNC(=O)C4CC(=O)N(C)C4)c(N(C)C)c3)cc2)CC1. The number of amides is 2. The summed E-state index contributed by atoms with van der Waals surface area (Å²) < 4.78 is 0. The minimum atomic E-state index is -0.266. The number of carbonyl (C=O) groups excluding carboxylic acids is 2. The van der Waals surface area contributed by atoms with Gasteiger partial charge in [0.1, 0.15) is 0 Å². The molecule has 2 aliphatic rings. The fraction of sp³-hybridized carbons (Fsp3) is 0.481. The van der Waals surface area contributed by atoms with Crippen molar-refractivity contribution in [3.63, 3.8) is 0 Å². The van der Waals surface area contributed by atoms with E-state index >= 15 is 0 Å². The van der Waals surface area contributed by atoms with E-state index in [2.05, 4.69) is 57.7 Å². The van der Waals surface area contributed by atoms with Crippen LogP contribution in [0, 0.1) is 11.8 Å². The third-order valence-corrected chi connectivity index (χ3v) is 7.04. The van der Waals surface area contributed by atoms with Crippen molar-refractivity contribution in [3.8, 4) is 0 Å². The first-order valence-electron chi connectivity index (χ1n) is 12.2. The minimum absolute atomic E-state index is 0.0307. The molecule has 2 aliphatic heterocycles. The quantitative estimate of drug-likeness (QED) is 0.653. The van der Waals surface area contributed by atoms with Gasteiger partial charge in [-0.3, -0.25) is 9.59 Å². The Morgan fingerprint density at radius 2 is 1.74 bits per heavy atom. The van der Waals surface area contributed by atoms with Crippen molar-refractivity contribution in [2.24, 2.45) is 11.8 Å². The number of nitrogens with one attached hydrogen (secondary N) is 2. The molecule has 0 bridgehead atoms. The largest absolute Gasteiger partial charge is 0.377 e. The van der Waals surface area contributed by atoms with Crippen LogP contribution in [0.3, 0.4) is 0 Å². The number of benzene rings is 2. The number of likely N-dealkylation sites (tertiary alicyclic amines) is 1. The number of carbonyl (C=O) groups is 2. The summed E-state index contributed by atoms with van der Waals surface area (Å²) in [5, 5.41) is 6.52. The first-order chi connectivity index (χ1) is 16.3. The van der Waals surface area contributed by atoms with E-state index in [9.17, 15) is 9.59 Å². The molecule has 34 heavy (non-hydrogen) atoms. The van der Waals surface area contributed by atoms with E-state index in [0.717, 1.165) is 41.6 Å². The Balaban J connectivity index is 1.38. The monoisotopic (exact) mass is 463 g/mol. The second-order valence-electron chi connectivity index (χ2n) is 9.97. The van der Waals surface area contributed by atoms with Crippen LogP contribution in [-0.2, 0) is 16.1 Å². The Labute approximate surface area is 203 Å². The maximum absolute atomic E-state index is 12.5. The Hall–Kier alpha value is -3.22. The van der Waals surface area contributed by atoms with Crippen molar-refractivity contribution in [1.82, 2.24) is 10.2 Å². The number of piperidine rings is 1. The van der Waals surface area contributed by atoms with Crippen LogP contribution in [0.5, 0.6) is 0 Å². The summed E-state index contributed by atoms with van der Waals surface area (Å²) in [4.78, 5) is 30.4. The van der Waals surface area contributed by atoms with E-state index in [1.165, 1.54) is 18.5 Å². The van der Waals surface area contributed by atoms with Crippen molar-refractivity contribution < 1.29 is 9.59 Å². The third-order valence-electron chi connectivity index (χ3n) is 7.04. The molecule has 2 aromatic rings. The van der Waals surface area contributed by atoms with Crippen LogP contribution in [0.25, 0.3) is 0 Å². The Kier molecular flexibility index (Phi) is 7.29. The fourth-order valence-corrected chi connectivity index (χ4v) is 4.76. The highest BCUT2D eigenvalue weighted by atomic mass is 16.2. The second kappa shape index (κ2) is 10.4. The predicted molar refractivity (Wildman–Crippen MR) is 139 cm³/mol. The van der Waals surface area contributed by atoms with Gasteiger partial charge in [-0.1, -0.05) is 13.0 Å². The fourth-order valence-electron chi connectivity index (χ4n) is 4.76. The van der Waals surface area contributed by atoms with Crippen molar-refractivity contribution in [1.29, 1.82) is 0 Å². The molecule has 2 N–H and O–H groups in total. The van der Waals surface area contributed by atoms with Gasteiger partial charge >= 0.3 is 0 Å². The van der Waals surface area contributed by atoms with Gasteiger partial charge in [-0.2, -0.15) is 0 Å². The molecule has 0 aromatic heterocycles. The molecule has 2 heterocycles. The smallest absolute Gasteiger partial charge is 0.225 e. The molecule has 0 saturated carbocycles. The highest BCUT2D eigenvalue weighted by molar-refractivity contribution is 5.89. The first-order valence-corrected chi connectivity index (χ1v) is 12.2. The molecule has 182 valence electrons. The lowest BCUT2D eigenvalue weighted by Gasteiger charge is -2.32. The molecule has 4 rings (SSSR count). The second-order valence-corrected chi connectivity index (χ2v) is 9.97. The van der Waals surface area contributed by atoms with Gasteiger partial charge in [0.15, 0.2) is 0 Å². The summed E-state index contributed by atoms with van der Waals surface area (Å²) in [7, 11) is 5.75. The molecule has 2 fully saturated rings. The average Bonchev–Trinajstić information content (AvgIpc) is 3.17. The van der Waals surface area contributed by atoms with Gasteiger partial charge in [-0.15, -0.1) is 0 Å². The topological polar surface area (TPSA) is 67.9 Å². The van der Waals surface area contributed by atoms with E-state index in [0.29, 0.717) is 19.5 Å². The number of anilines is 4. The molecule has 1 unspecified atom stereocenters. The summed E-state index contributed by atoms with van der Waals surface area (Å²) in [6.45, 7) is 5.52. The minimum Gasteiger partial charge on any atom is -0.377 e. The van der Waals surface area contributed by atoms with Gasteiger partial charge in [0.05, 0.1) is 5.92 Å². The average molecular weight is 464 g/mol. The summed E-state index contributed by atoms with van der Waals surface area (Å²) >= 11 is 0. The third kappa shape index (κ3) is 5.64. The normalized spacial score (nSPS) is 18.8. The number of hydrogen-bond acceptors (Lipinski definition) is 5. The molecule has 2 amide bonds. The van der Waals surface area contributed by atoms with Crippen molar-refractivity contribution in [2.45, 2.75) is 32.7 Å². The molecule has 0 spiro atoms. The lowest BCUT2D eigenvalue weighted by molar-refractivity contribution is -0.128. The van der Waals surface area contributed by atoms with Crippen LogP contribution >= 0.6 is 0 Å². The van der Waals surface area contributed by atoms with Gasteiger partial charge in [0.2, 0.25) is 11.8 Å². The Morgan fingerprint density at radius 3 is 2.35 bits per heavy atom. The molecule has 2 aromatic carbocycles. The van der Waals surface area contributed by atoms with Crippen LogP contribution < -0.4 is 20.4 Å². The van der Waals surface area contributed by atoms with Crippen LogP contribution in [0.15, 0.2) is 42.5 Å². The maximum atomic E-state index is 12.5. The zero-order chi connectivity index (χ0) is 24.2. The van der Waals surface area contributed by atoms with E-state index in [1.54, 1.807) is 11.9 Å². The maximum Gasteiger partial charge on any atom is 0.225 e. The van der Waals surface area contributed by atoms with Gasteiger partial charge < -0.3 is 25.3 Å². The lowest BCUT2D eigenvalue weighted by atomic mass is 9.99. The Morgan fingerprint density at radius 1 is 1.06 bits per heavy atom. The van der Waals surface area contributed by atoms with Gasteiger partial charge in [0.25, 0.3) is 0 Å². The molecule has 2 saturated heterocycles. The zero-order valence-corrected chi connectivity index (χ0v) is 20.8. The molecular weight excluding hydrogens is 426 g/mol. The zero-order valence-electron chi connectivity index (χ0n) is 20.8. The molecular formula is C27H37N5O2. The van der Waals surface area contributed by atoms with Crippen LogP contribution in [0.1, 0.15) is 31.7 Å². The molecule has 0 aliphatic carbocycles. The number of hydrogen-bond donors (Lipinski definition) is 2. The van der Waals surface area contributed by atoms with Crippen LogP contribution in [0.4, 0.5) is 22.7 Å². The van der Waals surface area contributed by atoms with Gasteiger partial charge in [0, 0.05) is 76.5 Å². The van der Waals surface area contributed by atoms with Gasteiger partial charge in [-0.25, -0.2) is 0 Å². The van der Waals surface area contributed by atoms with Crippen molar-refractivity contribution >= 4 is 34.6 Å². The highest BCUT2D eigenvalue weighted by Gasteiger charge is 2.31. The molecule has 7 nitrogen and oxygen atoms in total. The molecule has 7 heteroatoms.